The molecule has 2 heterocycles. The van der Waals surface area contributed by atoms with Crippen molar-refractivity contribution >= 4 is 21.6 Å². The van der Waals surface area contributed by atoms with Crippen molar-refractivity contribution in [3.8, 4) is 0 Å². The smallest absolute Gasteiger partial charge is 0.396 e. The van der Waals surface area contributed by atoms with Crippen molar-refractivity contribution < 1.29 is 4.42 Å². The minimum atomic E-state index is -0.207. The molecule has 0 spiro atoms. The maximum Gasteiger partial charge on any atom is 0.396 e. The van der Waals surface area contributed by atoms with Gasteiger partial charge in [0.2, 0.25) is 0 Å². The molecule has 1 aromatic carbocycles. The molecule has 0 saturated carbocycles. The van der Waals surface area contributed by atoms with Crippen LogP contribution in [0.15, 0.2) is 27.4 Å². The average Bonchev–Trinajstić information content (AvgIpc) is 2.86. The van der Waals surface area contributed by atoms with Gasteiger partial charge >= 0.3 is 4.94 Å². The summed E-state index contributed by atoms with van der Waals surface area (Å²) in [4.78, 5) is 11.0. The number of hydrogen-bond donors (Lipinski definition) is 1. The Kier molecular flexibility index (Phi) is 2.53. The van der Waals surface area contributed by atoms with E-state index in [2.05, 4.69) is 11.4 Å². The molecule has 1 fully saturated rings. The van der Waals surface area contributed by atoms with E-state index < -0.39 is 0 Å². The van der Waals surface area contributed by atoms with Crippen LogP contribution >= 0.6 is 11.3 Å². The fraction of sp³-hybridized carbons (Fsp3) is 0.417. The highest BCUT2D eigenvalue weighted by atomic mass is 32.1. The molecule has 1 atom stereocenters. The van der Waals surface area contributed by atoms with Gasteiger partial charge in [-0.25, -0.2) is 4.79 Å². The zero-order valence-electron chi connectivity index (χ0n) is 8.86. The first kappa shape index (κ1) is 10.1. The van der Waals surface area contributed by atoms with Gasteiger partial charge in [-0.2, -0.15) is 0 Å². The van der Waals surface area contributed by atoms with Gasteiger partial charge in [-0.3, -0.25) is 0 Å². The number of rotatable bonds is 2. The minimum Gasteiger partial charge on any atom is -0.414 e. The van der Waals surface area contributed by atoms with E-state index in [1.807, 2.05) is 12.1 Å². The van der Waals surface area contributed by atoms with E-state index in [1.54, 1.807) is 0 Å². The highest BCUT2D eigenvalue weighted by molar-refractivity contribution is 7.16. The van der Waals surface area contributed by atoms with Gasteiger partial charge in [-0.05, 0) is 37.4 Å². The largest absolute Gasteiger partial charge is 0.414 e. The summed E-state index contributed by atoms with van der Waals surface area (Å²) in [6.07, 6.45) is 3.47. The van der Waals surface area contributed by atoms with Crippen molar-refractivity contribution in [2.75, 3.05) is 6.54 Å². The summed E-state index contributed by atoms with van der Waals surface area (Å²) < 4.78 is 6.13. The first-order valence-electron chi connectivity index (χ1n) is 5.58. The number of hydrogen-bond acceptors (Lipinski definition) is 4. The van der Waals surface area contributed by atoms with Crippen molar-refractivity contribution in [1.29, 1.82) is 0 Å². The van der Waals surface area contributed by atoms with Crippen molar-refractivity contribution in [2.24, 2.45) is 0 Å². The molecule has 1 unspecified atom stereocenters. The van der Waals surface area contributed by atoms with Crippen molar-refractivity contribution in [3.63, 3.8) is 0 Å². The van der Waals surface area contributed by atoms with Crippen LogP contribution in [0.3, 0.4) is 0 Å². The molecule has 1 N–H and O–H groups in total. The van der Waals surface area contributed by atoms with Gasteiger partial charge < -0.3 is 9.73 Å². The second-order valence-electron chi connectivity index (χ2n) is 4.20. The minimum absolute atomic E-state index is 0.207. The zero-order chi connectivity index (χ0) is 11.0. The fourth-order valence-corrected chi connectivity index (χ4v) is 3.10. The number of fused-ring (bicyclic) bond motifs is 1. The first-order valence-corrected chi connectivity index (χ1v) is 6.39. The second-order valence-corrected chi connectivity index (χ2v) is 5.14. The standard InChI is InChI=1S/C12H13NO2S/c14-12-15-10-5-1-3-8(11(10)16-12)7-9-4-2-6-13-9/h1,3,5,9,13H,2,4,6-7H2. The molecule has 0 aliphatic carbocycles. The van der Waals surface area contributed by atoms with Gasteiger partial charge in [0.05, 0.1) is 4.70 Å². The Labute approximate surface area is 97.1 Å². The molecular weight excluding hydrogens is 222 g/mol. The Morgan fingerprint density at radius 2 is 2.44 bits per heavy atom. The van der Waals surface area contributed by atoms with Gasteiger partial charge in [0.15, 0.2) is 0 Å². The van der Waals surface area contributed by atoms with Crippen LogP contribution in [0.5, 0.6) is 0 Å². The molecule has 1 aliphatic heterocycles. The SMILES string of the molecule is O=c1oc2cccc(CC3CCCN3)c2s1. The second kappa shape index (κ2) is 4.03. The fourth-order valence-electron chi connectivity index (χ4n) is 2.31. The van der Waals surface area contributed by atoms with Crippen molar-refractivity contribution in [1.82, 2.24) is 5.32 Å². The Morgan fingerprint density at radius 1 is 1.50 bits per heavy atom. The van der Waals surface area contributed by atoms with E-state index in [4.69, 9.17) is 4.42 Å². The van der Waals surface area contributed by atoms with Gasteiger partial charge in [0, 0.05) is 6.04 Å². The Hall–Kier alpha value is -1.13. The molecule has 0 bridgehead atoms. The number of benzene rings is 1. The third-order valence-electron chi connectivity index (χ3n) is 3.07. The maximum atomic E-state index is 11.2. The van der Waals surface area contributed by atoms with Crippen LogP contribution in [-0.4, -0.2) is 12.6 Å². The predicted molar refractivity (Wildman–Crippen MR) is 65.1 cm³/mol. The average molecular weight is 235 g/mol. The molecule has 0 amide bonds. The van der Waals surface area contributed by atoms with Crippen LogP contribution in [0, 0.1) is 0 Å². The molecule has 1 aromatic heterocycles. The zero-order valence-corrected chi connectivity index (χ0v) is 9.68. The summed E-state index contributed by atoms with van der Waals surface area (Å²) in [6.45, 7) is 1.11. The van der Waals surface area contributed by atoms with Crippen LogP contribution in [0.25, 0.3) is 10.3 Å². The summed E-state index contributed by atoms with van der Waals surface area (Å²) >= 11 is 1.21. The molecule has 3 rings (SSSR count). The Morgan fingerprint density at radius 3 is 3.25 bits per heavy atom. The topological polar surface area (TPSA) is 42.2 Å². The molecule has 3 nitrogen and oxygen atoms in total. The lowest BCUT2D eigenvalue weighted by Crippen LogP contribution is -2.23. The van der Waals surface area contributed by atoms with E-state index in [9.17, 15) is 4.79 Å². The molecule has 0 radical (unpaired) electrons. The normalized spacial score (nSPS) is 20.6. The predicted octanol–water partition coefficient (Wildman–Crippen LogP) is 2.15. The maximum absolute atomic E-state index is 11.2. The van der Waals surface area contributed by atoms with Crippen LogP contribution < -0.4 is 10.3 Å². The lowest BCUT2D eigenvalue weighted by Gasteiger charge is -2.09. The van der Waals surface area contributed by atoms with E-state index >= 15 is 0 Å². The van der Waals surface area contributed by atoms with E-state index in [0.717, 1.165) is 23.2 Å². The van der Waals surface area contributed by atoms with Crippen LogP contribution in [0.4, 0.5) is 0 Å². The molecular formula is C12H13NO2S. The van der Waals surface area contributed by atoms with Gasteiger partial charge in [-0.1, -0.05) is 23.5 Å². The van der Waals surface area contributed by atoms with E-state index in [-0.39, 0.29) is 4.94 Å². The summed E-state index contributed by atoms with van der Waals surface area (Å²) in [7, 11) is 0. The molecule has 1 aliphatic rings. The molecule has 16 heavy (non-hydrogen) atoms. The van der Waals surface area contributed by atoms with E-state index in [1.165, 1.54) is 29.7 Å². The highest BCUT2D eigenvalue weighted by Gasteiger charge is 2.16. The Bertz CT molecular complexity index is 551. The molecule has 2 aromatic rings. The summed E-state index contributed by atoms with van der Waals surface area (Å²) in [5.41, 5.74) is 1.96. The van der Waals surface area contributed by atoms with Crippen LogP contribution in [0.2, 0.25) is 0 Å². The van der Waals surface area contributed by atoms with Crippen molar-refractivity contribution in [2.45, 2.75) is 25.3 Å². The van der Waals surface area contributed by atoms with Gasteiger partial charge in [0.1, 0.15) is 5.58 Å². The lowest BCUT2D eigenvalue weighted by molar-refractivity contribution is 0.584. The molecule has 1 saturated heterocycles. The third-order valence-corrected chi connectivity index (χ3v) is 3.99. The van der Waals surface area contributed by atoms with Crippen molar-refractivity contribution in [3.05, 3.63) is 33.5 Å². The van der Waals surface area contributed by atoms with Gasteiger partial charge in [0.25, 0.3) is 0 Å². The highest BCUT2D eigenvalue weighted by Crippen LogP contribution is 2.24. The first-order chi connectivity index (χ1) is 7.83. The molecule has 84 valence electrons. The summed E-state index contributed by atoms with van der Waals surface area (Å²) in [5.74, 6) is 0. The quantitative estimate of drug-likeness (QED) is 0.867. The van der Waals surface area contributed by atoms with Crippen LogP contribution in [0.1, 0.15) is 18.4 Å². The lowest BCUT2D eigenvalue weighted by atomic mass is 10.0. The molecule has 4 heteroatoms. The van der Waals surface area contributed by atoms with Gasteiger partial charge in [-0.15, -0.1) is 0 Å². The number of nitrogens with one attached hydrogen (secondary N) is 1. The third kappa shape index (κ3) is 1.79. The monoisotopic (exact) mass is 235 g/mol. The van der Waals surface area contributed by atoms with E-state index in [0.29, 0.717) is 6.04 Å². The Balaban J connectivity index is 1.98. The summed E-state index contributed by atoms with van der Waals surface area (Å²) in [5, 5.41) is 3.47. The summed E-state index contributed by atoms with van der Waals surface area (Å²) in [6, 6.07) is 6.47. The van der Waals surface area contributed by atoms with Crippen LogP contribution in [-0.2, 0) is 6.42 Å².